The largest absolute Gasteiger partial charge is 0.345 e. The van der Waals surface area contributed by atoms with Crippen LogP contribution in [0.3, 0.4) is 0 Å². The second kappa shape index (κ2) is 3.18. The van der Waals surface area contributed by atoms with E-state index in [1.165, 1.54) is 0 Å². The molecule has 72 valence electrons. The first-order valence-corrected chi connectivity index (χ1v) is 4.47. The van der Waals surface area contributed by atoms with Crippen molar-refractivity contribution in [1.82, 2.24) is 9.30 Å². The van der Waals surface area contributed by atoms with E-state index in [0.717, 1.165) is 5.52 Å². The Hall–Kier alpha value is -1.77. The van der Waals surface area contributed by atoms with Gasteiger partial charge in [0.2, 0.25) is 0 Å². The molecule has 0 atom stereocenters. The van der Waals surface area contributed by atoms with Gasteiger partial charge in [-0.25, -0.2) is 0 Å². The highest BCUT2D eigenvalue weighted by molar-refractivity contribution is 5.93. The van der Waals surface area contributed by atoms with Crippen LogP contribution >= 0.6 is 0 Å². The minimum atomic E-state index is 0.0283. The summed E-state index contributed by atoms with van der Waals surface area (Å²) in [6.07, 6.45) is 3.78. The zero-order valence-corrected chi connectivity index (χ0v) is 8.27. The molecule has 2 heterocycles. The Morgan fingerprint density at radius 1 is 1.29 bits per heavy atom. The molecule has 1 amide bonds. The third kappa shape index (κ3) is 1.37. The standard InChI is InChI=1S/C11H12N2O/c1-12(2)11(14)9-5-6-10-4-3-7-13(10)8-9/h3-8H,1-2H3. The van der Waals surface area contributed by atoms with E-state index in [1.54, 1.807) is 19.0 Å². The van der Waals surface area contributed by atoms with Crippen LogP contribution in [0.1, 0.15) is 10.4 Å². The monoisotopic (exact) mass is 188 g/mol. The molecular formula is C11H12N2O. The van der Waals surface area contributed by atoms with Crippen LogP contribution in [0.4, 0.5) is 0 Å². The molecule has 0 radical (unpaired) electrons. The summed E-state index contributed by atoms with van der Waals surface area (Å²) in [4.78, 5) is 13.2. The fourth-order valence-electron chi connectivity index (χ4n) is 1.42. The molecule has 0 bridgehead atoms. The molecule has 0 aliphatic carbocycles. The van der Waals surface area contributed by atoms with Gasteiger partial charge in [-0.15, -0.1) is 0 Å². The van der Waals surface area contributed by atoms with E-state index in [4.69, 9.17) is 0 Å². The maximum absolute atomic E-state index is 11.6. The number of hydrogen-bond acceptors (Lipinski definition) is 1. The summed E-state index contributed by atoms with van der Waals surface area (Å²) in [6, 6.07) is 7.75. The smallest absolute Gasteiger partial charge is 0.254 e. The second-order valence-electron chi connectivity index (χ2n) is 3.46. The second-order valence-corrected chi connectivity index (χ2v) is 3.46. The van der Waals surface area contributed by atoms with Crippen molar-refractivity contribution in [3.05, 3.63) is 42.2 Å². The number of aromatic nitrogens is 1. The van der Waals surface area contributed by atoms with E-state index in [0.29, 0.717) is 5.56 Å². The minimum absolute atomic E-state index is 0.0283. The molecule has 0 aliphatic rings. The Labute approximate surface area is 82.6 Å². The molecule has 0 N–H and O–H groups in total. The first-order valence-electron chi connectivity index (χ1n) is 4.47. The van der Waals surface area contributed by atoms with Gasteiger partial charge in [0, 0.05) is 32.0 Å². The highest BCUT2D eigenvalue weighted by atomic mass is 16.2. The molecule has 0 aromatic carbocycles. The van der Waals surface area contributed by atoms with Crippen LogP contribution in [0, 0.1) is 0 Å². The predicted molar refractivity (Wildman–Crippen MR) is 55.4 cm³/mol. The molecule has 0 fully saturated rings. The van der Waals surface area contributed by atoms with Gasteiger partial charge in [0.15, 0.2) is 0 Å². The highest BCUT2D eigenvalue weighted by Crippen LogP contribution is 2.08. The van der Waals surface area contributed by atoms with Gasteiger partial charge in [-0.1, -0.05) is 0 Å². The van der Waals surface area contributed by atoms with Gasteiger partial charge in [-0.2, -0.15) is 0 Å². The van der Waals surface area contributed by atoms with Crippen LogP contribution < -0.4 is 0 Å². The van der Waals surface area contributed by atoms with Gasteiger partial charge in [0.05, 0.1) is 5.56 Å². The van der Waals surface area contributed by atoms with Gasteiger partial charge in [-0.05, 0) is 24.3 Å². The van der Waals surface area contributed by atoms with Crippen LogP contribution in [-0.4, -0.2) is 29.3 Å². The summed E-state index contributed by atoms with van der Waals surface area (Å²) in [7, 11) is 3.50. The number of pyridine rings is 1. The third-order valence-corrected chi connectivity index (χ3v) is 2.18. The van der Waals surface area contributed by atoms with Crippen molar-refractivity contribution in [2.24, 2.45) is 0 Å². The van der Waals surface area contributed by atoms with Crippen LogP contribution in [-0.2, 0) is 0 Å². The molecule has 0 unspecified atom stereocenters. The Morgan fingerprint density at radius 3 is 2.79 bits per heavy atom. The molecule has 14 heavy (non-hydrogen) atoms. The van der Waals surface area contributed by atoms with Gasteiger partial charge < -0.3 is 9.30 Å². The average Bonchev–Trinajstić information content (AvgIpc) is 2.62. The number of hydrogen-bond donors (Lipinski definition) is 0. The van der Waals surface area contributed by atoms with E-state index in [9.17, 15) is 4.79 Å². The lowest BCUT2D eigenvalue weighted by Gasteiger charge is -2.10. The Kier molecular flexibility index (Phi) is 2.00. The molecule has 0 saturated carbocycles. The van der Waals surface area contributed by atoms with Crippen molar-refractivity contribution in [2.45, 2.75) is 0 Å². The third-order valence-electron chi connectivity index (χ3n) is 2.18. The quantitative estimate of drug-likeness (QED) is 0.667. The molecule has 2 aromatic rings. The van der Waals surface area contributed by atoms with Crippen LogP contribution in [0.5, 0.6) is 0 Å². The topological polar surface area (TPSA) is 24.7 Å². The zero-order chi connectivity index (χ0) is 10.1. The summed E-state index contributed by atoms with van der Waals surface area (Å²) >= 11 is 0. The maximum atomic E-state index is 11.6. The highest BCUT2D eigenvalue weighted by Gasteiger charge is 2.07. The number of nitrogens with zero attached hydrogens (tertiary/aromatic N) is 2. The number of carbonyl (C=O) groups is 1. The van der Waals surface area contributed by atoms with Crippen molar-refractivity contribution in [2.75, 3.05) is 14.1 Å². The van der Waals surface area contributed by atoms with Crippen LogP contribution in [0.2, 0.25) is 0 Å². The van der Waals surface area contributed by atoms with E-state index < -0.39 is 0 Å². The average molecular weight is 188 g/mol. The lowest BCUT2D eigenvalue weighted by atomic mass is 10.2. The van der Waals surface area contributed by atoms with Gasteiger partial charge >= 0.3 is 0 Å². The summed E-state index contributed by atoms with van der Waals surface area (Å²) in [5.41, 5.74) is 1.80. The van der Waals surface area contributed by atoms with E-state index in [2.05, 4.69) is 0 Å². The SMILES string of the molecule is CN(C)C(=O)c1ccc2cccn2c1. The van der Waals surface area contributed by atoms with Gasteiger partial charge in [0.25, 0.3) is 5.91 Å². The molecular weight excluding hydrogens is 176 g/mol. The lowest BCUT2D eigenvalue weighted by molar-refractivity contribution is 0.0827. The van der Waals surface area contributed by atoms with Crippen LogP contribution in [0.15, 0.2) is 36.7 Å². The maximum Gasteiger partial charge on any atom is 0.254 e. The number of rotatable bonds is 1. The molecule has 3 heteroatoms. The zero-order valence-electron chi connectivity index (χ0n) is 8.27. The van der Waals surface area contributed by atoms with Crippen molar-refractivity contribution >= 4 is 11.4 Å². The van der Waals surface area contributed by atoms with Crippen LogP contribution in [0.25, 0.3) is 5.52 Å². The normalized spacial score (nSPS) is 10.4. The molecule has 0 saturated heterocycles. The van der Waals surface area contributed by atoms with E-state index in [1.807, 2.05) is 41.1 Å². The fourth-order valence-corrected chi connectivity index (χ4v) is 1.42. The Balaban J connectivity index is 2.48. The van der Waals surface area contributed by atoms with Gasteiger partial charge in [-0.3, -0.25) is 4.79 Å². The summed E-state index contributed by atoms with van der Waals surface area (Å²) < 4.78 is 1.94. The molecule has 0 aliphatic heterocycles. The van der Waals surface area contributed by atoms with Crippen molar-refractivity contribution in [3.8, 4) is 0 Å². The summed E-state index contributed by atoms with van der Waals surface area (Å²) in [5.74, 6) is 0.0283. The number of carbonyl (C=O) groups excluding carboxylic acids is 1. The van der Waals surface area contributed by atoms with E-state index >= 15 is 0 Å². The molecule has 2 rings (SSSR count). The summed E-state index contributed by atoms with van der Waals surface area (Å²) in [6.45, 7) is 0. The van der Waals surface area contributed by atoms with E-state index in [-0.39, 0.29) is 5.91 Å². The fraction of sp³-hybridized carbons (Fsp3) is 0.182. The molecule has 0 spiro atoms. The first kappa shape index (κ1) is 8.81. The first-order chi connectivity index (χ1) is 6.68. The minimum Gasteiger partial charge on any atom is -0.345 e. The predicted octanol–water partition coefficient (Wildman–Crippen LogP) is 1.64. The van der Waals surface area contributed by atoms with Crippen molar-refractivity contribution in [3.63, 3.8) is 0 Å². The molecule has 3 nitrogen and oxygen atoms in total. The Bertz CT molecular complexity index is 471. The number of amides is 1. The van der Waals surface area contributed by atoms with Gasteiger partial charge in [0.1, 0.15) is 0 Å². The summed E-state index contributed by atoms with van der Waals surface area (Å²) in [5, 5.41) is 0. The number of fused-ring (bicyclic) bond motifs is 1. The molecule has 2 aromatic heterocycles. The lowest BCUT2D eigenvalue weighted by Crippen LogP contribution is -2.21. The van der Waals surface area contributed by atoms with Crippen molar-refractivity contribution < 1.29 is 4.79 Å². The van der Waals surface area contributed by atoms with Crippen molar-refractivity contribution in [1.29, 1.82) is 0 Å². The Morgan fingerprint density at radius 2 is 2.07 bits per heavy atom.